The maximum Gasteiger partial charge on any atom is 0.145 e. The number of aliphatic hydroxyl groups is 1. The highest BCUT2D eigenvalue weighted by Gasteiger charge is 2.26. The molecular weight excluding hydrogens is 435 g/mol. The standard InChI is InChI=1S/C24H30Cl2N2O3/c1-17(2)15-30-16-20(29)13-28(12-18-6-4-3-5-7-18)14-21-11-24(27-31-21)19-8-9-22(25)23(26)10-19/h3-10,17,20-21,29H,11-16H2,1-2H3. The lowest BCUT2D eigenvalue weighted by molar-refractivity contribution is -0.00734. The van der Waals surface area contributed by atoms with Gasteiger partial charge in [-0.15, -0.1) is 0 Å². The molecule has 2 aromatic carbocycles. The van der Waals surface area contributed by atoms with Crippen LogP contribution in [0.5, 0.6) is 0 Å². The summed E-state index contributed by atoms with van der Waals surface area (Å²) < 4.78 is 5.62. The molecule has 168 valence electrons. The first-order valence-electron chi connectivity index (χ1n) is 10.6. The summed E-state index contributed by atoms with van der Waals surface area (Å²) in [5.41, 5.74) is 2.94. The van der Waals surface area contributed by atoms with Crippen LogP contribution in [0.3, 0.4) is 0 Å². The minimum absolute atomic E-state index is 0.100. The fraction of sp³-hybridized carbons (Fsp3) is 0.458. The van der Waals surface area contributed by atoms with E-state index < -0.39 is 6.10 Å². The molecule has 5 nitrogen and oxygen atoms in total. The largest absolute Gasteiger partial charge is 0.390 e. The van der Waals surface area contributed by atoms with Crippen molar-refractivity contribution in [1.82, 2.24) is 4.90 Å². The average Bonchev–Trinajstić information content (AvgIpc) is 3.19. The van der Waals surface area contributed by atoms with Gasteiger partial charge in [-0.05, 0) is 23.6 Å². The Balaban J connectivity index is 1.59. The van der Waals surface area contributed by atoms with Crippen LogP contribution >= 0.6 is 23.2 Å². The van der Waals surface area contributed by atoms with Crippen LogP contribution in [0.25, 0.3) is 0 Å². The summed E-state index contributed by atoms with van der Waals surface area (Å²) in [5.74, 6) is 0.441. The zero-order chi connectivity index (χ0) is 22.2. The van der Waals surface area contributed by atoms with Crippen molar-refractivity contribution in [3.63, 3.8) is 0 Å². The zero-order valence-corrected chi connectivity index (χ0v) is 19.5. The molecule has 3 rings (SSSR count). The molecule has 1 N–H and O–H groups in total. The fourth-order valence-corrected chi connectivity index (χ4v) is 3.79. The third-order valence-electron chi connectivity index (χ3n) is 4.93. The Morgan fingerprint density at radius 2 is 1.90 bits per heavy atom. The van der Waals surface area contributed by atoms with E-state index in [1.807, 2.05) is 30.3 Å². The maximum atomic E-state index is 10.5. The molecule has 0 saturated heterocycles. The predicted octanol–water partition coefficient (Wildman–Crippen LogP) is 5.02. The topological polar surface area (TPSA) is 54.3 Å². The molecule has 0 aliphatic carbocycles. The van der Waals surface area contributed by atoms with Crippen molar-refractivity contribution in [2.75, 3.05) is 26.3 Å². The number of rotatable bonds is 11. The molecule has 2 unspecified atom stereocenters. The normalized spacial score (nSPS) is 17.1. The van der Waals surface area contributed by atoms with Gasteiger partial charge in [0.2, 0.25) is 0 Å². The molecular formula is C24H30Cl2N2O3. The molecule has 31 heavy (non-hydrogen) atoms. The van der Waals surface area contributed by atoms with Gasteiger partial charge in [-0.3, -0.25) is 4.90 Å². The van der Waals surface area contributed by atoms with Gasteiger partial charge in [0.05, 0.1) is 28.5 Å². The van der Waals surface area contributed by atoms with Crippen LogP contribution in [0.2, 0.25) is 10.0 Å². The van der Waals surface area contributed by atoms with Gasteiger partial charge in [0, 0.05) is 38.2 Å². The van der Waals surface area contributed by atoms with Gasteiger partial charge in [0.1, 0.15) is 6.10 Å². The minimum Gasteiger partial charge on any atom is -0.390 e. The van der Waals surface area contributed by atoms with Crippen molar-refractivity contribution in [3.05, 3.63) is 69.7 Å². The van der Waals surface area contributed by atoms with E-state index in [4.69, 9.17) is 32.8 Å². The third kappa shape index (κ3) is 7.78. The molecule has 0 amide bonds. The van der Waals surface area contributed by atoms with Crippen LogP contribution in [-0.4, -0.2) is 54.2 Å². The van der Waals surface area contributed by atoms with Crippen LogP contribution in [-0.2, 0) is 16.1 Å². The number of hydrogen-bond acceptors (Lipinski definition) is 5. The van der Waals surface area contributed by atoms with Gasteiger partial charge in [-0.25, -0.2) is 0 Å². The lowest BCUT2D eigenvalue weighted by Gasteiger charge is -2.27. The number of ether oxygens (including phenoxy) is 1. The van der Waals surface area contributed by atoms with E-state index in [0.29, 0.717) is 55.2 Å². The zero-order valence-electron chi connectivity index (χ0n) is 18.0. The summed E-state index contributed by atoms with van der Waals surface area (Å²) in [5, 5.41) is 15.8. The lowest BCUT2D eigenvalue weighted by Crippen LogP contribution is -2.39. The van der Waals surface area contributed by atoms with E-state index in [0.717, 1.165) is 11.3 Å². The smallest absolute Gasteiger partial charge is 0.145 e. The van der Waals surface area contributed by atoms with Crippen LogP contribution in [0.4, 0.5) is 0 Å². The van der Waals surface area contributed by atoms with E-state index in [1.165, 1.54) is 5.56 Å². The first kappa shape index (κ1) is 24.0. The monoisotopic (exact) mass is 464 g/mol. The summed E-state index contributed by atoms with van der Waals surface area (Å²) in [4.78, 5) is 7.90. The van der Waals surface area contributed by atoms with E-state index in [-0.39, 0.29) is 6.10 Å². The number of hydrogen-bond donors (Lipinski definition) is 1. The lowest BCUT2D eigenvalue weighted by atomic mass is 10.0. The first-order valence-corrected chi connectivity index (χ1v) is 11.4. The Labute approximate surface area is 194 Å². The Kier molecular flexibility index (Phi) is 9.17. The Morgan fingerprint density at radius 1 is 1.13 bits per heavy atom. The highest BCUT2D eigenvalue weighted by atomic mass is 35.5. The fourth-order valence-electron chi connectivity index (χ4n) is 3.50. The summed E-state index contributed by atoms with van der Waals surface area (Å²) in [6.45, 7) is 7.00. The summed E-state index contributed by atoms with van der Waals surface area (Å²) in [6.07, 6.45) is -0.000280. The van der Waals surface area contributed by atoms with E-state index in [2.05, 4.69) is 36.0 Å². The quantitative estimate of drug-likeness (QED) is 0.506. The highest BCUT2D eigenvalue weighted by molar-refractivity contribution is 6.42. The van der Waals surface area contributed by atoms with Crippen molar-refractivity contribution in [3.8, 4) is 0 Å². The predicted molar refractivity (Wildman–Crippen MR) is 126 cm³/mol. The molecule has 1 aliphatic heterocycles. The SMILES string of the molecule is CC(C)COCC(O)CN(Cc1ccccc1)CC1CC(c2ccc(Cl)c(Cl)c2)=NO1. The molecule has 0 fully saturated rings. The minimum atomic E-state index is -0.570. The van der Waals surface area contributed by atoms with Crippen molar-refractivity contribution in [2.24, 2.45) is 11.1 Å². The van der Waals surface area contributed by atoms with E-state index >= 15 is 0 Å². The van der Waals surface area contributed by atoms with Gasteiger partial charge < -0.3 is 14.7 Å². The Hall–Kier alpha value is -1.63. The summed E-state index contributed by atoms with van der Waals surface area (Å²) in [6, 6.07) is 15.7. The van der Waals surface area contributed by atoms with Crippen LogP contribution in [0.15, 0.2) is 53.7 Å². The molecule has 2 aromatic rings. The van der Waals surface area contributed by atoms with Crippen molar-refractivity contribution >= 4 is 28.9 Å². The van der Waals surface area contributed by atoms with Gasteiger partial charge in [0.25, 0.3) is 0 Å². The number of benzene rings is 2. The highest BCUT2D eigenvalue weighted by Crippen LogP contribution is 2.26. The molecule has 0 bridgehead atoms. The van der Waals surface area contributed by atoms with E-state index in [1.54, 1.807) is 6.07 Å². The van der Waals surface area contributed by atoms with Crippen molar-refractivity contribution in [1.29, 1.82) is 0 Å². The molecule has 0 radical (unpaired) electrons. The van der Waals surface area contributed by atoms with Crippen LogP contribution in [0, 0.1) is 5.92 Å². The molecule has 1 aliphatic rings. The molecule has 1 heterocycles. The van der Waals surface area contributed by atoms with Crippen molar-refractivity contribution < 1.29 is 14.7 Å². The van der Waals surface area contributed by atoms with Crippen LogP contribution < -0.4 is 0 Å². The third-order valence-corrected chi connectivity index (χ3v) is 5.67. The number of oxime groups is 1. The number of aliphatic hydroxyl groups excluding tert-OH is 1. The van der Waals surface area contributed by atoms with Gasteiger partial charge >= 0.3 is 0 Å². The Bertz CT molecular complexity index is 861. The van der Waals surface area contributed by atoms with E-state index in [9.17, 15) is 5.11 Å². The molecule has 0 aromatic heterocycles. The number of halogens is 2. The molecule has 2 atom stereocenters. The second kappa shape index (κ2) is 11.8. The van der Waals surface area contributed by atoms with Gasteiger partial charge in [-0.2, -0.15) is 0 Å². The second-order valence-corrected chi connectivity index (χ2v) is 9.18. The summed E-state index contributed by atoms with van der Waals surface area (Å²) in [7, 11) is 0. The van der Waals surface area contributed by atoms with Crippen molar-refractivity contribution in [2.45, 2.75) is 39.0 Å². The molecule has 0 spiro atoms. The molecule has 0 saturated carbocycles. The maximum absolute atomic E-state index is 10.5. The second-order valence-electron chi connectivity index (χ2n) is 8.36. The Morgan fingerprint density at radius 3 is 2.61 bits per heavy atom. The molecule has 7 heteroatoms. The van der Waals surface area contributed by atoms with Gasteiger partial charge in [0.15, 0.2) is 0 Å². The number of nitrogens with zero attached hydrogens (tertiary/aromatic N) is 2. The van der Waals surface area contributed by atoms with Gasteiger partial charge in [-0.1, -0.05) is 78.6 Å². The summed E-state index contributed by atoms with van der Waals surface area (Å²) >= 11 is 12.2. The van der Waals surface area contributed by atoms with Crippen LogP contribution in [0.1, 0.15) is 31.4 Å². The average molecular weight is 465 g/mol. The first-order chi connectivity index (χ1) is 14.9.